The van der Waals surface area contributed by atoms with E-state index in [1.165, 1.54) is 0 Å². The van der Waals surface area contributed by atoms with Crippen LogP contribution in [0.1, 0.15) is 36.5 Å². The van der Waals surface area contributed by atoms with Crippen molar-refractivity contribution in [2.24, 2.45) is 0 Å². The fraction of sp³-hybridized carbons (Fsp3) is 0.500. The molecule has 0 aliphatic rings. The van der Waals surface area contributed by atoms with Gasteiger partial charge in [0.15, 0.2) is 0 Å². The van der Waals surface area contributed by atoms with Crippen LogP contribution < -0.4 is 5.63 Å². The largest absolute Gasteiger partial charge is 0.422 e. The molecule has 22 heavy (non-hydrogen) atoms. The smallest absolute Gasteiger partial charge is 0.336 e. The molecule has 0 aliphatic carbocycles. The Morgan fingerprint density at radius 2 is 2.00 bits per heavy atom. The van der Waals surface area contributed by atoms with Crippen molar-refractivity contribution in [3.05, 3.63) is 45.3 Å². The monoisotopic (exact) mass is 303 g/mol. The van der Waals surface area contributed by atoms with Crippen LogP contribution in [0.3, 0.4) is 0 Å². The second kappa shape index (κ2) is 7.56. The Hall–Kier alpha value is -1.65. The molecule has 4 heteroatoms. The Balaban J connectivity index is 2.41. The zero-order valence-corrected chi connectivity index (χ0v) is 13.7. The maximum absolute atomic E-state index is 11.9. The maximum atomic E-state index is 11.9. The molecule has 0 radical (unpaired) electrons. The van der Waals surface area contributed by atoms with Crippen molar-refractivity contribution in [3.63, 3.8) is 0 Å². The minimum Gasteiger partial charge on any atom is -0.422 e. The van der Waals surface area contributed by atoms with Crippen LogP contribution in [0, 0.1) is 13.8 Å². The van der Waals surface area contributed by atoms with Crippen molar-refractivity contribution in [2.45, 2.75) is 40.2 Å². The number of unbranched alkanes of at least 4 members (excludes halogenated alkanes) is 1. The van der Waals surface area contributed by atoms with Crippen LogP contribution in [0.25, 0.3) is 11.0 Å². The van der Waals surface area contributed by atoms with Gasteiger partial charge in [-0.25, -0.2) is 4.79 Å². The molecule has 1 heterocycles. The predicted molar refractivity (Wildman–Crippen MR) is 89.2 cm³/mol. The highest BCUT2D eigenvalue weighted by Gasteiger charge is 2.12. The van der Waals surface area contributed by atoms with Crippen molar-refractivity contribution in [2.75, 3.05) is 19.7 Å². The molecule has 2 aromatic rings. The van der Waals surface area contributed by atoms with E-state index in [4.69, 9.17) is 4.42 Å². The molecule has 0 spiro atoms. The highest BCUT2D eigenvalue weighted by Crippen LogP contribution is 2.24. The van der Waals surface area contributed by atoms with Crippen molar-refractivity contribution in [3.8, 4) is 0 Å². The summed E-state index contributed by atoms with van der Waals surface area (Å²) in [6, 6.07) is 5.66. The number of benzene rings is 1. The fourth-order valence-corrected chi connectivity index (χ4v) is 2.69. The molecule has 2 rings (SSSR count). The summed E-state index contributed by atoms with van der Waals surface area (Å²) in [5.74, 6) is 0. The molecule has 0 bridgehead atoms. The van der Waals surface area contributed by atoms with Crippen molar-refractivity contribution in [1.29, 1.82) is 0 Å². The van der Waals surface area contributed by atoms with Gasteiger partial charge in [-0.15, -0.1) is 0 Å². The third-order valence-electron chi connectivity index (χ3n) is 4.16. The zero-order valence-electron chi connectivity index (χ0n) is 13.7. The van der Waals surface area contributed by atoms with E-state index in [0.29, 0.717) is 18.7 Å². The molecule has 0 aliphatic heterocycles. The summed E-state index contributed by atoms with van der Waals surface area (Å²) in [5, 5.41) is 10.2. The Labute approximate surface area is 131 Å². The van der Waals surface area contributed by atoms with Crippen molar-refractivity contribution < 1.29 is 9.52 Å². The summed E-state index contributed by atoms with van der Waals surface area (Å²) in [6.07, 6.45) is 2.19. The van der Waals surface area contributed by atoms with Gasteiger partial charge in [0.05, 0.1) is 6.61 Å². The number of hydrogen-bond acceptors (Lipinski definition) is 4. The minimum absolute atomic E-state index is 0.126. The van der Waals surface area contributed by atoms with Gasteiger partial charge in [-0.05, 0) is 43.5 Å². The number of rotatable bonds is 7. The molecule has 0 fully saturated rings. The maximum Gasteiger partial charge on any atom is 0.336 e. The summed E-state index contributed by atoms with van der Waals surface area (Å²) in [6.45, 7) is 8.46. The normalized spacial score (nSPS) is 11.5. The van der Waals surface area contributed by atoms with E-state index in [9.17, 15) is 9.90 Å². The number of hydrogen-bond donors (Lipinski definition) is 1. The Kier molecular flexibility index (Phi) is 5.75. The van der Waals surface area contributed by atoms with Gasteiger partial charge < -0.3 is 9.52 Å². The molecule has 1 aromatic carbocycles. The number of aliphatic hydroxyl groups is 1. The van der Waals surface area contributed by atoms with Gasteiger partial charge in [-0.1, -0.05) is 25.5 Å². The minimum atomic E-state index is -0.310. The first kappa shape index (κ1) is 16.7. The molecule has 0 atom stereocenters. The van der Waals surface area contributed by atoms with Crippen molar-refractivity contribution in [1.82, 2.24) is 4.90 Å². The van der Waals surface area contributed by atoms with Gasteiger partial charge in [0.25, 0.3) is 0 Å². The summed E-state index contributed by atoms with van der Waals surface area (Å²) < 4.78 is 5.41. The molecule has 1 aromatic heterocycles. The van der Waals surface area contributed by atoms with Crippen LogP contribution in [0.4, 0.5) is 0 Å². The Morgan fingerprint density at radius 3 is 2.68 bits per heavy atom. The molecule has 0 amide bonds. The third-order valence-corrected chi connectivity index (χ3v) is 4.16. The first-order chi connectivity index (χ1) is 10.6. The number of fused-ring (bicyclic) bond motifs is 1. The zero-order chi connectivity index (χ0) is 16.1. The van der Waals surface area contributed by atoms with Crippen molar-refractivity contribution >= 4 is 11.0 Å². The molecule has 0 unspecified atom stereocenters. The summed E-state index contributed by atoms with van der Waals surface area (Å²) in [5.41, 5.74) is 3.47. The fourth-order valence-electron chi connectivity index (χ4n) is 2.69. The quantitative estimate of drug-likeness (QED) is 0.799. The predicted octanol–water partition coefficient (Wildman–Crippen LogP) is 3.00. The lowest BCUT2D eigenvalue weighted by Crippen LogP contribution is -2.28. The van der Waals surface area contributed by atoms with Crippen LogP contribution in [0.2, 0.25) is 0 Å². The molecular formula is C18H25NO3. The number of aryl methyl sites for hydroxylation is 2. The molecule has 4 nitrogen and oxygen atoms in total. The molecule has 0 saturated carbocycles. The topological polar surface area (TPSA) is 53.7 Å². The van der Waals surface area contributed by atoms with Gasteiger partial charge >= 0.3 is 5.63 Å². The Bertz CT molecular complexity index is 691. The van der Waals surface area contributed by atoms with Crippen LogP contribution in [-0.4, -0.2) is 29.7 Å². The van der Waals surface area contributed by atoms with E-state index in [-0.39, 0.29) is 12.2 Å². The lowest BCUT2D eigenvalue weighted by Gasteiger charge is -2.21. The van der Waals surface area contributed by atoms with Gasteiger partial charge in [0.1, 0.15) is 5.58 Å². The van der Waals surface area contributed by atoms with Gasteiger partial charge in [0, 0.05) is 24.5 Å². The van der Waals surface area contributed by atoms with Crippen LogP contribution in [0.5, 0.6) is 0 Å². The molecule has 0 saturated heterocycles. The lowest BCUT2D eigenvalue weighted by atomic mass is 10.0. The first-order valence-corrected chi connectivity index (χ1v) is 7.93. The highest BCUT2D eigenvalue weighted by atomic mass is 16.4. The molecule has 120 valence electrons. The van der Waals surface area contributed by atoms with E-state index >= 15 is 0 Å². The SMILES string of the molecule is CCCCN(CCO)Cc1cc(=O)oc2c(C)c(C)ccc12. The van der Waals surface area contributed by atoms with E-state index in [2.05, 4.69) is 17.9 Å². The second-order valence-corrected chi connectivity index (χ2v) is 5.83. The van der Waals surface area contributed by atoms with Gasteiger partial charge in [-0.3, -0.25) is 4.90 Å². The molecular weight excluding hydrogens is 278 g/mol. The van der Waals surface area contributed by atoms with Crippen LogP contribution in [0.15, 0.2) is 27.4 Å². The summed E-state index contributed by atoms with van der Waals surface area (Å²) in [7, 11) is 0. The van der Waals surface area contributed by atoms with E-state index in [0.717, 1.165) is 41.5 Å². The van der Waals surface area contributed by atoms with Crippen LogP contribution >= 0.6 is 0 Å². The van der Waals surface area contributed by atoms with Gasteiger partial charge in [0.2, 0.25) is 0 Å². The standard InChI is InChI=1S/C18H25NO3/c1-4-5-8-19(9-10-20)12-15-11-17(21)22-18-14(3)13(2)6-7-16(15)18/h6-7,11,20H,4-5,8-10,12H2,1-3H3. The van der Waals surface area contributed by atoms with E-state index in [1.807, 2.05) is 19.9 Å². The summed E-state index contributed by atoms with van der Waals surface area (Å²) >= 11 is 0. The third kappa shape index (κ3) is 3.76. The lowest BCUT2D eigenvalue weighted by molar-refractivity contribution is 0.188. The average Bonchev–Trinajstić information content (AvgIpc) is 2.49. The average molecular weight is 303 g/mol. The Morgan fingerprint density at radius 1 is 1.23 bits per heavy atom. The number of aliphatic hydroxyl groups excluding tert-OH is 1. The summed E-state index contributed by atoms with van der Waals surface area (Å²) in [4.78, 5) is 14.1. The van der Waals surface area contributed by atoms with Gasteiger partial charge in [-0.2, -0.15) is 0 Å². The second-order valence-electron chi connectivity index (χ2n) is 5.83. The van der Waals surface area contributed by atoms with E-state index < -0.39 is 0 Å². The number of nitrogens with zero attached hydrogens (tertiary/aromatic N) is 1. The first-order valence-electron chi connectivity index (χ1n) is 7.93. The molecule has 1 N–H and O–H groups in total. The van der Waals surface area contributed by atoms with Crippen LogP contribution in [-0.2, 0) is 6.54 Å². The van der Waals surface area contributed by atoms with E-state index in [1.54, 1.807) is 6.07 Å². The highest BCUT2D eigenvalue weighted by molar-refractivity contribution is 5.83.